The molecule has 1 saturated heterocycles. The van der Waals surface area contributed by atoms with E-state index in [1.165, 1.54) is 0 Å². The lowest BCUT2D eigenvalue weighted by molar-refractivity contribution is -0.152. The third-order valence-electron chi connectivity index (χ3n) is 4.21. The molecule has 164 valence electrons. The van der Waals surface area contributed by atoms with Crippen molar-refractivity contribution >= 4 is 23.6 Å². The van der Waals surface area contributed by atoms with E-state index in [4.69, 9.17) is 5.11 Å². The number of carbonyl (C=O) groups is 4. The Bertz CT molecular complexity index is 848. The highest BCUT2D eigenvalue weighted by Gasteiger charge is 2.41. The minimum atomic E-state index is -5.07. The Morgan fingerprint density at radius 2 is 1.57 bits per heavy atom. The van der Waals surface area contributed by atoms with Gasteiger partial charge in [0.1, 0.15) is 6.54 Å². The van der Waals surface area contributed by atoms with Gasteiger partial charge in [0.05, 0.1) is 11.1 Å². The van der Waals surface area contributed by atoms with E-state index in [-0.39, 0.29) is 19.0 Å². The second-order valence-electron chi connectivity index (χ2n) is 6.43. The number of aliphatic carboxylic acids is 1. The lowest BCUT2D eigenvalue weighted by Gasteiger charge is -2.31. The first-order valence-electron chi connectivity index (χ1n) is 8.29. The van der Waals surface area contributed by atoms with Crippen LogP contribution in [0.2, 0.25) is 0 Å². The van der Waals surface area contributed by atoms with Gasteiger partial charge in [-0.25, -0.2) is 0 Å². The van der Waals surface area contributed by atoms with Gasteiger partial charge in [-0.15, -0.1) is 0 Å². The second kappa shape index (κ2) is 8.32. The minimum absolute atomic E-state index is 0.0623. The van der Waals surface area contributed by atoms with Gasteiger partial charge in [-0.05, 0) is 23.8 Å². The van der Waals surface area contributed by atoms with Gasteiger partial charge >= 0.3 is 18.3 Å². The maximum atomic E-state index is 13.0. The number of hydrogen-bond donors (Lipinski definition) is 2. The van der Waals surface area contributed by atoms with Crippen molar-refractivity contribution in [3.8, 4) is 0 Å². The maximum absolute atomic E-state index is 13.0. The molecule has 7 nitrogen and oxygen atoms in total. The fraction of sp³-hybridized carbons (Fsp3) is 0.412. The van der Waals surface area contributed by atoms with Crippen LogP contribution in [0.3, 0.4) is 0 Å². The quantitative estimate of drug-likeness (QED) is 0.537. The number of likely N-dealkylation sites (tertiary alicyclic amines) is 1. The number of Topliss-reactive ketones (excluding diaryl/α,β-unsaturated/α-hetero) is 1. The molecule has 1 heterocycles. The van der Waals surface area contributed by atoms with Crippen molar-refractivity contribution in [1.82, 2.24) is 10.2 Å². The number of piperidine rings is 1. The SMILES string of the molecule is O=C(O)CNC(=O)C1C(=O)CCN(Cc2cc(C(F)(F)F)cc(C(F)(F)F)c2)C1=O. The lowest BCUT2D eigenvalue weighted by Crippen LogP contribution is -2.52. The Balaban J connectivity index is 2.30. The molecule has 2 rings (SSSR count). The minimum Gasteiger partial charge on any atom is -0.480 e. The van der Waals surface area contributed by atoms with Crippen LogP contribution in [0.1, 0.15) is 23.1 Å². The van der Waals surface area contributed by atoms with Gasteiger partial charge in [-0.2, -0.15) is 26.3 Å². The van der Waals surface area contributed by atoms with Gasteiger partial charge in [-0.1, -0.05) is 0 Å². The number of carboxylic acids is 1. The number of carboxylic acid groups (broad SMARTS) is 1. The van der Waals surface area contributed by atoms with Crippen LogP contribution < -0.4 is 5.32 Å². The molecule has 1 aliphatic heterocycles. The number of amides is 2. The zero-order valence-electron chi connectivity index (χ0n) is 14.9. The molecule has 1 atom stereocenters. The molecule has 0 saturated carbocycles. The van der Waals surface area contributed by atoms with Gasteiger partial charge in [-0.3, -0.25) is 19.2 Å². The maximum Gasteiger partial charge on any atom is 0.416 e. The molecule has 0 bridgehead atoms. The van der Waals surface area contributed by atoms with E-state index >= 15 is 0 Å². The Kier molecular flexibility index (Phi) is 6.42. The largest absolute Gasteiger partial charge is 0.480 e. The first-order valence-corrected chi connectivity index (χ1v) is 8.29. The van der Waals surface area contributed by atoms with Crippen LogP contribution in [0.5, 0.6) is 0 Å². The second-order valence-corrected chi connectivity index (χ2v) is 6.43. The number of nitrogens with one attached hydrogen (secondary N) is 1. The Morgan fingerprint density at radius 1 is 1.03 bits per heavy atom. The Hall–Kier alpha value is -3.12. The van der Waals surface area contributed by atoms with Crippen molar-refractivity contribution in [3.63, 3.8) is 0 Å². The summed E-state index contributed by atoms with van der Waals surface area (Å²) in [6.07, 6.45) is -10.5. The first-order chi connectivity index (χ1) is 13.7. The van der Waals surface area contributed by atoms with Crippen molar-refractivity contribution in [2.45, 2.75) is 25.3 Å². The molecule has 30 heavy (non-hydrogen) atoms. The van der Waals surface area contributed by atoms with Crippen LogP contribution in [-0.2, 0) is 38.1 Å². The third kappa shape index (κ3) is 5.48. The van der Waals surface area contributed by atoms with E-state index in [2.05, 4.69) is 0 Å². The number of halogens is 6. The summed E-state index contributed by atoms with van der Waals surface area (Å²) in [6.45, 7) is -1.90. The number of ketones is 1. The van der Waals surface area contributed by atoms with E-state index in [1.54, 1.807) is 0 Å². The van der Waals surface area contributed by atoms with Crippen LogP contribution in [-0.4, -0.2) is 46.7 Å². The van der Waals surface area contributed by atoms with E-state index in [0.29, 0.717) is 12.1 Å². The molecule has 0 aromatic heterocycles. The molecular weight excluding hydrogens is 426 g/mol. The van der Waals surface area contributed by atoms with Gasteiger partial charge in [0.2, 0.25) is 11.8 Å². The summed E-state index contributed by atoms with van der Waals surface area (Å²) >= 11 is 0. The molecule has 2 amide bonds. The molecule has 2 N–H and O–H groups in total. The fourth-order valence-electron chi connectivity index (χ4n) is 2.83. The summed E-state index contributed by atoms with van der Waals surface area (Å²) in [6, 6.07) is 0.824. The number of benzene rings is 1. The Labute approximate surface area is 164 Å². The summed E-state index contributed by atoms with van der Waals surface area (Å²) in [7, 11) is 0. The number of alkyl halides is 6. The van der Waals surface area contributed by atoms with Crippen molar-refractivity contribution in [1.29, 1.82) is 0 Å². The summed E-state index contributed by atoms with van der Waals surface area (Å²) in [5.74, 6) is -6.55. The van der Waals surface area contributed by atoms with Crippen LogP contribution in [0.15, 0.2) is 18.2 Å². The zero-order valence-corrected chi connectivity index (χ0v) is 14.9. The van der Waals surface area contributed by atoms with Gasteiger partial charge < -0.3 is 15.3 Å². The standard InChI is InChI=1S/C17H14F6N2O5/c18-16(19,20)9-3-8(4-10(5-9)17(21,22)23)7-25-2-1-11(26)13(15(25)30)14(29)24-6-12(27)28/h3-5,13H,1-2,6-7H2,(H,24,29)(H,27,28). The number of rotatable bonds is 5. The number of hydrogen-bond acceptors (Lipinski definition) is 4. The van der Waals surface area contributed by atoms with Crippen molar-refractivity contribution in [3.05, 3.63) is 34.9 Å². The van der Waals surface area contributed by atoms with E-state index in [0.717, 1.165) is 4.90 Å². The van der Waals surface area contributed by atoms with Crippen molar-refractivity contribution in [2.75, 3.05) is 13.1 Å². The Morgan fingerprint density at radius 3 is 2.03 bits per heavy atom. The molecule has 0 aliphatic carbocycles. The molecule has 1 aromatic rings. The molecular formula is C17H14F6N2O5. The smallest absolute Gasteiger partial charge is 0.416 e. The third-order valence-corrected chi connectivity index (χ3v) is 4.21. The van der Waals surface area contributed by atoms with Gasteiger partial charge in [0, 0.05) is 19.5 Å². The number of nitrogens with zero attached hydrogens (tertiary/aromatic N) is 1. The van der Waals surface area contributed by atoms with E-state index in [1.807, 2.05) is 5.32 Å². The van der Waals surface area contributed by atoms with Crippen LogP contribution in [0.4, 0.5) is 26.3 Å². The fourth-order valence-corrected chi connectivity index (χ4v) is 2.83. The van der Waals surface area contributed by atoms with E-state index < -0.39 is 71.6 Å². The summed E-state index contributed by atoms with van der Waals surface area (Å²) in [5.41, 5.74) is -3.63. The topological polar surface area (TPSA) is 104 Å². The first kappa shape index (κ1) is 23.2. The molecule has 1 fully saturated rings. The van der Waals surface area contributed by atoms with Crippen LogP contribution >= 0.6 is 0 Å². The van der Waals surface area contributed by atoms with E-state index in [9.17, 15) is 45.5 Å². The average Bonchev–Trinajstić information content (AvgIpc) is 2.60. The normalized spacial score (nSPS) is 17.8. The summed E-state index contributed by atoms with van der Waals surface area (Å²) in [4.78, 5) is 47.6. The van der Waals surface area contributed by atoms with Crippen LogP contribution in [0.25, 0.3) is 0 Å². The summed E-state index contributed by atoms with van der Waals surface area (Å²) < 4.78 is 77.8. The molecule has 13 heteroatoms. The van der Waals surface area contributed by atoms with Crippen molar-refractivity contribution in [2.24, 2.45) is 5.92 Å². The lowest BCUT2D eigenvalue weighted by atomic mass is 9.93. The highest BCUT2D eigenvalue weighted by molar-refractivity contribution is 6.19. The summed E-state index contributed by atoms with van der Waals surface area (Å²) in [5, 5.41) is 10.4. The molecule has 1 unspecified atom stereocenters. The number of carbonyl (C=O) groups excluding carboxylic acids is 3. The highest BCUT2D eigenvalue weighted by atomic mass is 19.4. The predicted molar refractivity (Wildman–Crippen MR) is 85.6 cm³/mol. The monoisotopic (exact) mass is 440 g/mol. The van der Waals surface area contributed by atoms with Crippen molar-refractivity contribution < 1.29 is 50.6 Å². The van der Waals surface area contributed by atoms with Gasteiger partial charge in [0.25, 0.3) is 0 Å². The van der Waals surface area contributed by atoms with Gasteiger partial charge in [0.15, 0.2) is 11.7 Å². The zero-order chi connectivity index (χ0) is 22.9. The highest BCUT2D eigenvalue weighted by Crippen LogP contribution is 2.36. The van der Waals surface area contributed by atoms with Crippen LogP contribution in [0, 0.1) is 5.92 Å². The molecule has 1 aliphatic rings. The molecule has 0 spiro atoms. The molecule has 1 aromatic carbocycles. The predicted octanol–water partition coefficient (Wildman–Crippen LogP) is 1.84. The molecule has 0 radical (unpaired) electrons. The average molecular weight is 440 g/mol.